The number of rotatable bonds is 4. The number of carbonyl (C=O) groups is 1. The number of esters is 1. The first kappa shape index (κ1) is 20.9. The van der Waals surface area contributed by atoms with Crippen LogP contribution >= 0.6 is 0 Å². The van der Waals surface area contributed by atoms with E-state index >= 15 is 0 Å². The molecular weight excluding hydrogens is 390 g/mol. The summed E-state index contributed by atoms with van der Waals surface area (Å²) >= 11 is 0. The lowest BCUT2D eigenvalue weighted by atomic mass is 9.55. The van der Waals surface area contributed by atoms with Gasteiger partial charge in [0.1, 0.15) is 18.6 Å². The number of allylic oxidation sites excluding steroid dienone is 1. The Hall–Kier alpha value is -2.01. The van der Waals surface area contributed by atoms with Crippen molar-refractivity contribution in [2.24, 2.45) is 23.2 Å². The van der Waals surface area contributed by atoms with Gasteiger partial charge in [0.2, 0.25) is 0 Å². The van der Waals surface area contributed by atoms with Gasteiger partial charge in [-0.3, -0.25) is 4.79 Å². The van der Waals surface area contributed by atoms with E-state index in [1.807, 2.05) is 0 Å². The molecule has 2 heterocycles. The molecule has 5 nitrogen and oxygen atoms in total. The predicted octanol–water partition coefficient (Wildman–Crippen LogP) is 2.96. The fourth-order valence-corrected chi connectivity index (χ4v) is 7.00. The molecule has 0 radical (unpaired) electrons. The Kier molecular flexibility index (Phi) is 5.28. The van der Waals surface area contributed by atoms with Crippen molar-refractivity contribution in [1.82, 2.24) is 0 Å². The number of nitrogens with one attached hydrogen (secondary N) is 1. The van der Waals surface area contributed by atoms with Gasteiger partial charge in [-0.15, -0.1) is 0 Å². The van der Waals surface area contributed by atoms with E-state index in [-0.39, 0.29) is 23.4 Å². The number of carbonyl (C=O) groups excluding carboxylic acids is 1. The van der Waals surface area contributed by atoms with Crippen LogP contribution in [-0.2, 0) is 22.5 Å². The Bertz CT molecular complexity index is 896. The quantitative estimate of drug-likeness (QED) is 0.594. The minimum atomic E-state index is 0.0148. The minimum Gasteiger partial charge on any atom is -0.493 e. The Morgan fingerprint density at radius 3 is 2.68 bits per heavy atom. The van der Waals surface area contributed by atoms with E-state index in [1.165, 1.54) is 34.4 Å². The lowest BCUT2D eigenvalue weighted by Gasteiger charge is -2.50. The number of ether oxygens (including phenoxy) is 3. The van der Waals surface area contributed by atoms with E-state index in [0.717, 1.165) is 56.8 Å². The summed E-state index contributed by atoms with van der Waals surface area (Å²) in [6.45, 7) is 9.64. The Balaban J connectivity index is 1.32. The fourth-order valence-electron chi connectivity index (χ4n) is 7.00. The zero-order valence-electron chi connectivity index (χ0n) is 19.2. The van der Waals surface area contributed by atoms with Gasteiger partial charge in [0.05, 0.1) is 27.3 Å². The lowest BCUT2D eigenvalue weighted by molar-refractivity contribution is -0.918. The van der Waals surface area contributed by atoms with Crippen molar-refractivity contribution in [3.8, 4) is 11.5 Å². The summed E-state index contributed by atoms with van der Waals surface area (Å²) in [7, 11) is 3.37. The van der Waals surface area contributed by atoms with Crippen molar-refractivity contribution in [2.75, 3.05) is 27.3 Å². The van der Waals surface area contributed by atoms with Crippen LogP contribution in [0.3, 0.4) is 0 Å². The average molecular weight is 427 g/mol. The molecule has 2 aliphatic heterocycles. The average Bonchev–Trinajstić information content (AvgIpc) is 3.04. The molecule has 0 spiro atoms. The van der Waals surface area contributed by atoms with Crippen molar-refractivity contribution in [1.29, 1.82) is 0 Å². The smallest absolute Gasteiger partial charge is 0.315 e. The molecule has 2 aliphatic carbocycles. The Labute approximate surface area is 185 Å². The van der Waals surface area contributed by atoms with Crippen LogP contribution in [0.15, 0.2) is 24.3 Å². The van der Waals surface area contributed by atoms with Gasteiger partial charge in [-0.05, 0) is 61.1 Å². The number of benzene rings is 1. The van der Waals surface area contributed by atoms with Gasteiger partial charge in [-0.25, -0.2) is 0 Å². The van der Waals surface area contributed by atoms with Crippen LogP contribution in [0.2, 0.25) is 0 Å². The van der Waals surface area contributed by atoms with Gasteiger partial charge in [0.15, 0.2) is 11.5 Å². The maximum Gasteiger partial charge on any atom is 0.315 e. The third kappa shape index (κ3) is 3.55. The topological polar surface area (TPSA) is 49.2 Å². The number of quaternary nitrogens is 1. The lowest BCUT2D eigenvalue weighted by Crippen LogP contribution is -3.12. The van der Waals surface area contributed by atoms with Crippen LogP contribution in [-0.4, -0.2) is 39.4 Å². The van der Waals surface area contributed by atoms with Crippen LogP contribution in [0, 0.1) is 23.2 Å². The van der Waals surface area contributed by atoms with Crippen molar-refractivity contribution < 1.29 is 23.9 Å². The molecule has 5 heteroatoms. The molecule has 6 atom stereocenters. The first-order chi connectivity index (χ1) is 14.9. The summed E-state index contributed by atoms with van der Waals surface area (Å²) in [5, 5.41) is 0. The molecule has 1 aromatic carbocycles. The molecular formula is C26H36NO4+. The van der Waals surface area contributed by atoms with Crippen LogP contribution < -0.4 is 14.4 Å². The van der Waals surface area contributed by atoms with E-state index in [0.29, 0.717) is 11.8 Å². The zero-order chi connectivity index (χ0) is 21.8. The summed E-state index contributed by atoms with van der Waals surface area (Å²) in [5.74, 6) is 2.53. The normalized spacial score (nSPS) is 36.8. The molecule has 168 valence electrons. The van der Waals surface area contributed by atoms with Gasteiger partial charge in [0, 0.05) is 17.9 Å². The van der Waals surface area contributed by atoms with Crippen molar-refractivity contribution >= 4 is 5.97 Å². The first-order valence-electron chi connectivity index (χ1n) is 11.9. The Morgan fingerprint density at radius 2 is 1.94 bits per heavy atom. The predicted molar refractivity (Wildman–Crippen MR) is 118 cm³/mol. The van der Waals surface area contributed by atoms with Crippen LogP contribution in [0.4, 0.5) is 0 Å². The van der Waals surface area contributed by atoms with Gasteiger partial charge in [-0.1, -0.05) is 19.1 Å². The van der Waals surface area contributed by atoms with Crippen molar-refractivity contribution in [2.45, 2.75) is 58.1 Å². The maximum absolute atomic E-state index is 12.9. The number of fused-ring (bicyclic) bond motifs is 3. The molecule has 1 N–H and O–H groups in total. The van der Waals surface area contributed by atoms with Crippen LogP contribution in [0.25, 0.3) is 0 Å². The van der Waals surface area contributed by atoms with E-state index < -0.39 is 0 Å². The second-order valence-electron chi connectivity index (χ2n) is 10.5. The van der Waals surface area contributed by atoms with Crippen LogP contribution in [0.1, 0.15) is 50.2 Å². The Morgan fingerprint density at radius 1 is 1.19 bits per heavy atom. The highest BCUT2D eigenvalue weighted by Gasteiger charge is 2.56. The molecule has 0 aromatic heterocycles. The zero-order valence-corrected chi connectivity index (χ0v) is 19.2. The second-order valence-corrected chi connectivity index (χ2v) is 10.5. The maximum atomic E-state index is 12.9. The summed E-state index contributed by atoms with van der Waals surface area (Å²) in [4.78, 5) is 14.4. The number of hydrogen-bond donors (Lipinski definition) is 1. The van der Waals surface area contributed by atoms with E-state index in [1.54, 1.807) is 14.2 Å². The molecule has 1 aromatic rings. The SMILES string of the molecule is C=C1CCC[C@]2(C)C[C@H]3OC(=O)[C@@H](C[NH+]4CCc5cc(OC)c(OC)cc5C4)[C@H]3C[C@H]12. The molecule has 31 heavy (non-hydrogen) atoms. The van der Waals surface area contributed by atoms with Crippen LogP contribution in [0.5, 0.6) is 11.5 Å². The highest BCUT2D eigenvalue weighted by molar-refractivity contribution is 5.75. The summed E-state index contributed by atoms with van der Waals surface area (Å²) in [6, 6.07) is 4.22. The van der Waals surface area contributed by atoms with E-state index in [9.17, 15) is 4.79 Å². The standard InChI is InChI=1S/C26H35NO4/c1-16-6-5-8-26(2)13-24-19(12-21(16)26)20(25(28)31-24)15-27-9-7-17-10-22(29-3)23(30-4)11-18(17)14-27/h10-11,19-21,24H,1,5-9,12-15H2,2-4H3/p+1/t19-,20+,21-,24-,26-/m1/s1. The molecule has 2 saturated carbocycles. The molecule has 0 amide bonds. The van der Waals surface area contributed by atoms with Gasteiger partial charge in [0.25, 0.3) is 0 Å². The highest BCUT2D eigenvalue weighted by Crippen LogP contribution is 2.56. The summed E-state index contributed by atoms with van der Waals surface area (Å²) in [5.41, 5.74) is 4.31. The van der Waals surface area contributed by atoms with E-state index in [4.69, 9.17) is 14.2 Å². The third-order valence-electron chi connectivity index (χ3n) is 8.72. The monoisotopic (exact) mass is 426 g/mol. The second kappa shape index (κ2) is 7.84. The van der Waals surface area contributed by atoms with Crippen molar-refractivity contribution in [3.63, 3.8) is 0 Å². The fraction of sp³-hybridized carbons (Fsp3) is 0.654. The largest absolute Gasteiger partial charge is 0.493 e. The summed E-state index contributed by atoms with van der Waals surface area (Å²) in [6.07, 6.45) is 6.80. The first-order valence-corrected chi connectivity index (χ1v) is 11.9. The molecule has 0 bridgehead atoms. The third-order valence-corrected chi connectivity index (χ3v) is 8.72. The van der Waals surface area contributed by atoms with Crippen molar-refractivity contribution in [3.05, 3.63) is 35.4 Å². The number of hydrogen-bond acceptors (Lipinski definition) is 4. The number of methoxy groups -OCH3 is 2. The highest BCUT2D eigenvalue weighted by atomic mass is 16.6. The molecule has 5 rings (SSSR count). The van der Waals surface area contributed by atoms with Gasteiger partial charge in [-0.2, -0.15) is 0 Å². The summed E-state index contributed by atoms with van der Waals surface area (Å²) < 4.78 is 17.0. The van der Waals surface area contributed by atoms with Gasteiger partial charge < -0.3 is 19.1 Å². The molecule has 1 unspecified atom stereocenters. The molecule has 3 fully saturated rings. The van der Waals surface area contributed by atoms with Gasteiger partial charge >= 0.3 is 5.97 Å². The van der Waals surface area contributed by atoms with E-state index in [2.05, 4.69) is 25.6 Å². The minimum absolute atomic E-state index is 0.0148. The molecule has 4 aliphatic rings. The molecule has 1 saturated heterocycles.